The second kappa shape index (κ2) is 4.82. The van der Waals surface area contributed by atoms with Crippen LogP contribution in [-0.2, 0) is 0 Å². The van der Waals surface area contributed by atoms with Gasteiger partial charge in [0, 0.05) is 19.1 Å². The monoisotopic (exact) mass is 262 g/mol. The van der Waals surface area contributed by atoms with Gasteiger partial charge in [-0.05, 0) is 30.7 Å². The zero-order valence-corrected chi connectivity index (χ0v) is 11.4. The lowest BCUT2D eigenvalue weighted by molar-refractivity contribution is 0.620. The Morgan fingerprint density at radius 3 is 3.17 bits per heavy atom. The Labute approximate surface area is 111 Å². The van der Waals surface area contributed by atoms with Crippen molar-refractivity contribution in [3.05, 3.63) is 17.3 Å². The Hall–Kier alpha value is -1.20. The number of hydrogen-bond donors (Lipinski definition) is 1. The molecule has 0 saturated carbocycles. The van der Waals surface area contributed by atoms with E-state index in [-0.39, 0.29) is 6.04 Å². The predicted octanol–water partition coefficient (Wildman–Crippen LogP) is 2.32. The Balaban J connectivity index is 2.02. The van der Waals surface area contributed by atoms with Gasteiger partial charge >= 0.3 is 0 Å². The van der Waals surface area contributed by atoms with Gasteiger partial charge in [-0.3, -0.25) is 0 Å². The SMILES string of the molecule is Cc1csc2c(N3CCCCC(N)C3)ncnc12. The molecule has 18 heavy (non-hydrogen) atoms. The van der Waals surface area contributed by atoms with Crippen molar-refractivity contribution in [2.24, 2.45) is 5.73 Å². The highest BCUT2D eigenvalue weighted by molar-refractivity contribution is 7.18. The molecule has 0 radical (unpaired) electrons. The van der Waals surface area contributed by atoms with Gasteiger partial charge in [-0.2, -0.15) is 0 Å². The maximum absolute atomic E-state index is 6.13. The van der Waals surface area contributed by atoms with E-state index in [2.05, 4.69) is 27.2 Å². The Kier molecular flexibility index (Phi) is 3.18. The summed E-state index contributed by atoms with van der Waals surface area (Å²) in [6.07, 6.45) is 5.21. The van der Waals surface area contributed by atoms with Gasteiger partial charge in [-0.25, -0.2) is 9.97 Å². The molecule has 1 saturated heterocycles. The van der Waals surface area contributed by atoms with Crippen LogP contribution >= 0.6 is 11.3 Å². The maximum atomic E-state index is 6.13. The van der Waals surface area contributed by atoms with E-state index < -0.39 is 0 Å². The summed E-state index contributed by atoms with van der Waals surface area (Å²) in [4.78, 5) is 11.2. The minimum absolute atomic E-state index is 0.263. The fraction of sp³-hybridized carbons (Fsp3) is 0.538. The van der Waals surface area contributed by atoms with E-state index in [9.17, 15) is 0 Å². The summed E-state index contributed by atoms with van der Waals surface area (Å²) in [5, 5.41) is 2.15. The number of nitrogens with zero attached hydrogens (tertiary/aromatic N) is 3. The summed E-state index contributed by atoms with van der Waals surface area (Å²) in [5.41, 5.74) is 8.45. The first-order chi connectivity index (χ1) is 8.75. The van der Waals surface area contributed by atoms with Crippen LogP contribution < -0.4 is 10.6 Å². The average molecular weight is 262 g/mol. The number of hydrogen-bond acceptors (Lipinski definition) is 5. The molecular weight excluding hydrogens is 244 g/mol. The summed E-state index contributed by atoms with van der Waals surface area (Å²) < 4.78 is 1.20. The van der Waals surface area contributed by atoms with Crippen LogP contribution in [0.1, 0.15) is 24.8 Å². The van der Waals surface area contributed by atoms with Gasteiger partial charge in [0.1, 0.15) is 12.1 Å². The molecule has 1 fully saturated rings. The number of nitrogens with two attached hydrogens (primary N) is 1. The molecule has 1 aliphatic rings. The first-order valence-corrected chi connectivity index (χ1v) is 7.33. The number of fused-ring (bicyclic) bond motifs is 1. The topological polar surface area (TPSA) is 55.0 Å². The van der Waals surface area contributed by atoms with E-state index in [0.29, 0.717) is 0 Å². The fourth-order valence-electron chi connectivity index (χ4n) is 2.55. The quantitative estimate of drug-likeness (QED) is 0.857. The Morgan fingerprint density at radius 1 is 1.39 bits per heavy atom. The van der Waals surface area contributed by atoms with E-state index in [0.717, 1.165) is 30.8 Å². The third-order valence-electron chi connectivity index (χ3n) is 3.52. The van der Waals surface area contributed by atoms with Crippen LogP contribution in [0.5, 0.6) is 0 Å². The average Bonchev–Trinajstić information content (AvgIpc) is 2.61. The zero-order valence-electron chi connectivity index (χ0n) is 10.6. The summed E-state index contributed by atoms with van der Waals surface area (Å²) in [6.45, 7) is 4.06. The number of anilines is 1. The van der Waals surface area contributed by atoms with Crippen LogP contribution in [0.25, 0.3) is 10.2 Å². The van der Waals surface area contributed by atoms with E-state index in [1.54, 1.807) is 17.7 Å². The normalized spacial score (nSPS) is 21.2. The maximum Gasteiger partial charge on any atom is 0.150 e. The summed E-state index contributed by atoms with van der Waals surface area (Å²) in [7, 11) is 0. The molecule has 0 bridgehead atoms. The third kappa shape index (κ3) is 2.08. The molecule has 5 heteroatoms. The zero-order chi connectivity index (χ0) is 12.5. The molecule has 0 aliphatic carbocycles. The van der Waals surface area contributed by atoms with Crippen molar-refractivity contribution in [1.82, 2.24) is 9.97 Å². The smallest absolute Gasteiger partial charge is 0.150 e. The number of thiophene rings is 1. The molecule has 96 valence electrons. The molecule has 1 unspecified atom stereocenters. The molecule has 1 atom stereocenters. The number of aryl methyl sites for hydroxylation is 1. The minimum atomic E-state index is 0.263. The molecule has 0 amide bonds. The van der Waals surface area contributed by atoms with Gasteiger partial charge in [-0.1, -0.05) is 6.42 Å². The van der Waals surface area contributed by atoms with Gasteiger partial charge in [0.05, 0.1) is 10.2 Å². The second-order valence-corrected chi connectivity index (χ2v) is 5.88. The first kappa shape index (κ1) is 11.9. The van der Waals surface area contributed by atoms with Gasteiger partial charge in [0.2, 0.25) is 0 Å². The highest BCUT2D eigenvalue weighted by Crippen LogP contribution is 2.31. The van der Waals surface area contributed by atoms with Crippen molar-refractivity contribution in [1.29, 1.82) is 0 Å². The van der Waals surface area contributed by atoms with Crippen LogP contribution in [0.3, 0.4) is 0 Å². The lowest BCUT2D eigenvalue weighted by atomic mass is 10.2. The fourth-order valence-corrected chi connectivity index (χ4v) is 3.57. The highest BCUT2D eigenvalue weighted by Gasteiger charge is 2.19. The van der Waals surface area contributed by atoms with Crippen LogP contribution in [0.4, 0.5) is 5.82 Å². The molecular formula is C13H18N4S. The van der Waals surface area contributed by atoms with Crippen LogP contribution in [0.15, 0.2) is 11.7 Å². The lowest BCUT2D eigenvalue weighted by Gasteiger charge is -2.23. The van der Waals surface area contributed by atoms with Crippen LogP contribution in [0.2, 0.25) is 0 Å². The van der Waals surface area contributed by atoms with E-state index in [1.165, 1.54) is 23.1 Å². The molecule has 2 aromatic rings. The number of rotatable bonds is 1. The van der Waals surface area contributed by atoms with Gasteiger partial charge in [-0.15, -0.1) is 11.3 Å². The predicted molar refractivity (Wildman–Crippen MR) is 76.2 cm³/mol. The minimum Gasteiger partial charge on any atom is -0.354 e. The summed E-state index contributed by atoms with van der Waals surface area (Å²) >= 11 is 1.73. The molecule has 0 aromatic carbocycles. The van der Waals surface area contributed by atoms with Crippen molar-refractivity contribution in [3.8, 4) is 0 Å². The van der Waals surface area contributed by atoms with Gasteiger partial charge in [0.25, 0.3) is 0 Å². The van der Waals surface area contributed by atoms with Crippen molar-refractivity contribution in [2.75, 3.05) is 18.0 Å². The van der Waals surface area contributed by atoms with Crippen LogP contribution in [0, 0.1) is 6.92 Å². The molecule has 3 heterocycles. The van der Waals surface area contributed by atoms with Crippen LogP contribution in [-0.4, -0.2) is 29.1 Å². The molecule has 0 spiro atoms. The third-order valence-corrected chi connectivity index (χ3v) is 4.60. The van der Waals surface area contributed by atoms with E-state index >= 15 is 0 Å². The van der Waals surface area contributed by atoms with Gasteiger partial charge < -0.3 is 10.6 Å². The van der Waals surface area contributed by atoms with Crippen molar-refractivity contribution in [2.45, 2.75) is 32.2 Å². The van der Waals surface area contributed by atoms with Gasteiger partial charge in [0.15, 0.2) is 0 Å². The lowest BCUT2D eigenvalue weighted by Crippen LogP contribution is -2.36. The van der Waals surface area contributed by atoms with Crippen molar-refractivity contribution in [3.63, 3.8) is 0 Å². The van der Waals surface area contributed by atoms with Crippen molar-refractivity contribution < 1.29 is 0 Å². The molecule has 4 nitrogen and oxygen atoms in total. The Bertz CT molecular complexity index is 551. The Morgan fingerprint density at radius 2 is 2.28 bits per heavy atom. The highest BCUT2D eigenvalue weighted by atomic mass is 32.1. The standard InChI is InChI=1S/C13H18N4S/c1-9-7-18-12-11(9)15-8-16-13(12)17-5-3-2-4-10(14)6-17/h7-8,10H,2-6,14H2,1H3. The molecule has 2 aromatic heterocycles. The first-order valence-electron chi connectivity index (χ1n) is 6.45. The molecule has 2 N–H and O–H groups in total. The molecule has 3 rings (SSSR count). The summed E-state index contributed by atoms with van der Waals surface area (Å²) in [5.74, 6) is 1.07. The number of aromatic nitrogens is 2. The molecule has 1 aliphatic heterocycles. The summed E-state index contributed by atoms with van der Waals surface area (Å²) in [6, 6.07) is 0.263. The largest absolute Gasteiger partial charge is 0.354 e. The van der Waals surface area contributed by atoms with E-state index in [1.807, 2.05) is 0 Å². The van der Waals surface area contributed by atoms with E-state index in [4.69, 9.17) is 5.73 Å². The second-order valence-electron chi connectivity index (χ2n) is 5.00. The van der Waals surface area contributed by atoms with Crippen molar-refractivity contribution >= 4 is 27.4 Å².